The van der Waals surface area contributed by atoms with Crippen molar-refractivity contribution in [3.63, 3.8) is 0 Å². The van der Waals surface area contributed by atoms with Gasteiger partial charge in [-0.15, -0.1) is 0 Å². The molecule has 0 atom stereocenters. The molecule has 1 aliphatic heterocycles. The van der Waals surface area contributed by atoms with Gasteiger partial charge in [-0.25, -0.2) is 9.79 Å². The van der Waals surface area contributed by atoms with E-state index in [0.29, 0.717) is 32.1 Å². The zero-order valence-corrected chi connectivity index (χ0v) is 17.9. The first-order chi connectivity index (χ1) is 13.3. The van der Waals surface area contributed by atoms with Crippen LogP contribution < -0.4 is 4.74 Å². The number of thioether (sulfide) groups is 1. The fourth-order valence-electron chi connectivity index (χ4n) is 2.48. The standard InChI is InChI=1S/C19H14BrClN2O4S/c1-23-17(24)15(8-11-7-12(20)9-14(21)16(11)27-2)28-19(23)22-13-5-3-10(4-6-13)18(25)26/h3-9H,1-2H3,(H,25,26)/b15-8-,22-19?. The zero-order valence-electron chi connectivity index (χ0n) is 14.8. The van der Waals surface area contributed by atoms with E-state index in [1.54, 1.807) is 31.3 Å². The summed E-state index contributed by atoms with van der Waals surface area (Å²) >= 11 is 10.8. The Balaban J connectivity index is 1.93. The minimum Gasteiger partial charge on any atom is -0.495 e. The van der Waals surface area contributed by atoms with Crippen molar-refractivity contribution in [1.29, 1.82) is 0 Å². The number of nitrogens with zero attached hydrogens (tertiary/aromatic N) is 2. The molecule has 1 aliphatic rings. The number of amidine groups is 1. The summed E-state index contributed by atoms with van der Waals surface area (Å²) in [4.78, 5) is 29.9. The van der Waals surface area contributed by atoms with Gasteiger partial charge in [-0.3, -0.25) is 9.69 Å². The lowest BCUT2D eigenvalue weighted by molar-refractivity contribution is -0.121. The molecular formula is C19H14BrClN2O4S. The molecule has 0 saturated carbocycles. The number of carbonyl (C=O) groups excluding carboxylic acids is 1. The lowest BCUT2D eigenvalue weighted by atomic mass is 10.2. The number of carboxylic acid groups (broad SMARTS) is 1. The number of ether oxygens (including phenoxy) is 1. The van der Waals surface area contributed by atoms with Crippen LogP contribution in [0.3, 0.4) is 0 Å². The number of aliphatic imine (C=N–C) groups is 1. The van der Waals surface area contributed by atoms with Gasteiger partial charge in [-0.2, -0.15) is 0 Å². The third kappa shape index (κ3) is 4.24. The molecule has 3 rings (SSSR count). The summed E-state index contributed by atoms with van der Waals surface area (Å²) in [5.74, 6) is -0.735. The van der Waals surface area contributed by atoms with Crippen molar-refractivity contribution in [2.24, 2.45) is 4.99 Å². The van der Waals surface area contributed by atoms with Gasteiger partial charge in [-0.05, 0) is 54.2 Å². The lowest BCUT2D eigenvalue weighted by Gasteiger charge is -2.08. The van der Waals surface area contributed by atoms with Crippen LogP contribution >= 0.6 is 39.3 Å². The maximum atomic E-state index is 12.6. The Hall–Kier alpha value is -2.29. The monoisotopic (exact) mass is 480 g/mol. The molecule has 1 amide bonds. The number of amides is 1. The maximum absolute atomic E-state index is 12.6. The second kappa shape index (κ2) is 8.38. The van der Waals surface area contributed by atoms with Gasteiger partial charge in [0.05, 0.1) is 28.3 Å². The predicted octanol–water partition coefficient (Wildman–Crippen LogP) is 5.04. The van der Waals surface area contributed by atoms with Gasteiger partial charge >= 0.3 is 5.97 Å². The Labute approximate surface area is 179 Å². The van der Waals surface area contributed by atoms with E-state index in [0.717, 1.165) is 4.47 Å². The summed E-state index contributed by atoms with van der Waals surface area (Å²) in [5.41, 5.74) is 1.39. The fourth-order valence-corrected chi connectivity index (χ4v) is 4.37. The Bertz CT molecular complexity index is 1020. The molecule has 1 fully saturated rings. The predicted molar refractivity (Wildman–Crippen MR) is 115 cm³/mol. The number of likely N-dealkylation sites (N-methyl/N-ethyl adjacent to an activating group) is 1. The Morgan fingerprint density at radius 2 is 2.00 bits per heavy atom. The number of benzene rings is 2. The van der Waals surface area contributed by atoms with E-state index < -0.39 is 5.97 Å². The highest BCUT2D eigenvalue weighted by Crippen LogP contribution is 2.38. The second-order valence-electron chi connectivity index (χ2n) is 5.73. The van der Waals surface area contributed by atoms with Crippen LogP contribution in [0.1, 0.15) is 15.9 Å². The van der Waals surface area contributed by atoms with Crippen LogP contribution in [0.2, 0.25) is 5.02 Å². The largest absolute Gasteiger partial charge is 0.495 e. The number of hydrogen-bond donors (Lipinski definition) is 1. The van der Waals surface area contributed by atoms with Crippen LogP contribution in [0.4, 0.5) is 5.69 Å². The van der Waals surface area contributed by atoms with Gasteiger partial charge in [0.15, 0.2) is 5.17 Å². The van der Waals surface area contributed by atoms with Gasteiger partial charge in [0, 0.05) is 17.1 Å². The SMILES string of the molecule is COc1c(Cl)cc(Br)cc1/C=C1\SC(=Nc2ccc(C(=O)O)cc2)N(C)C1=O. The topological polar surface area (TPSA) is 79.2 Å². The molecule has 28 heavy (non-hydrogen) atoms. The summed E-state index contributed by atoms with van der Waals surface area (Å²) in [5, 5.41) is 9.89. The van der Waals surface area contributed by atoms with Crippen molar-refractivity contribution in [1.82, 2.24) is 4.90 Å². The third-order valence-electron chi connectivity index (χ3n) is 3.87. The number of halogens is 2. The molecule has 1 N–H and O–H groups in total. The molecule has 6 nitrogen and oxygen atoms in total. The highest BCUT2D eigenvalue weighted by molar-refractivity contribution is 9.10. The highest BCUT2D eigenvalue weighted by Gasteiger charge is 2.30. The summed E-state index contributed by atoms with van der Waals surface area (Å²) in [6.45, 7) is 0. The Morgan fingerprint density at radius 1 is 1.32 bits per heavy atom. The molecular weight excluding hydrogens is 468 g/mol. The number of rotatable bonds is 4. The quantitative estimate of drug-likeness (QED) is 0.619. The molecule has 2 aromatic carbocycles. The van der Waals surface area contributed by atoms with Gasteiger partial charge in [-0.1, -0.05) is 27.5 Å². The van der Waals surface area contributed by atoms with E-state index in [9.17, 15) is 9.59 Å². The lowest BCUT2D eigenvalue weighted by Crippen LogP contribution is -2.23. The number of carbonyl (C=O) groups is 2. The molecule has 0 aliphatic carbocycles. The molecule has 0 aromatic heterocycles. The van der Waals surface area contributed by atoms with Gasteiger partial charge < -0.3 is 9.84 Å². The minimum absolute atomic E-state index is 0.173. The van der Waals surface area contributed by atoms with E-state index in [-0.39, 0.29) is 11.5 Å². The molecule has 0 radical (unpaired) electrons. The van der Waals surface area contributed by atoms with Crippen LogP contribution in [-0.2, 0) is 4.79 Å². The molecule has 0 spiro atoms. The molecule has 144 valence electrons. The van der Waals surface area contributed by atoms with Gasteiger partial charge in [0.1, 0.15) is 5.75 Å². The second-order valence-corrected chi connectivity index (χ2v) is 8.06. The summed E-state index contributed by atoms with van der Waals surface area (Å²) in [6.07, 6.45) is 1.70. The molecule has 2 aromatic rings. The van der Waals surface area contributed by atoms with Crippen molar-refractivity contribution in [3.05, 3.63) is 61.9 Å². The van der Waals surface area contributed by atoms with Crippen molar-refractivity contribution < 1.29 is 19.4 Å². The summed E-state index contributed by atoms with van der Waals surface area (Å²) in [6, 6.07) is 9.64. The van der Waals surface area contributed by atoms with Gasteiger partial charge in [0.2, 0.25) is 0 Å². The summed E-state index contributed by atoms with van der Waals surface area (Å²) < 4.78 is 6.11. The van der Waals surface area contributed by atoms with Crippen molar-refractivity contribution in [2.75, 3.05) is 14.2 Å². The Morgan fingerprint density at radius 3 is 2.61 bits per heavy atom. The van der Waals surface area contributed by atoms with Crippen LogP contribution in [-0.4, -0.2) is 41.2 Å². The molecule has 1 saturated heterocycles. The smallest absolute Gasteiger partial charge is 0.335 e. The van der Waals surface area contributed by atoms with E-state index in [1.807, 2.05) is 6.07 Å². The average molecular weight is 482 g/mol. The van der Waals surface area contributed by atoms with E-state index in [1.165, 1.54) is 35.9 Å². The number of methoxy groups -OCH3 is 1. The van der Waals surface area contributed by atoms with Crippen molar-refractivity contribution in [2.45, 2.75) is 0 Å². The van der Waals surface area contributed by atoms with Crippen LogP contribution in [0.15, 0.2) is 50.8 Å². The van der Waals surface area contributed by atoms with Crippen LogP contribution in [0.25, 0.3) is 6.08 Å². The summed E-state index contributed by atoms with van der Waals surface area (Å²) in [7, 11) is 3.15. The minimum atomic E-state index is -1.01. The maximum Gasteiger partial charge on any atom is 0.335 e. The number of carboxylic acids is 1. The molecule has 0 bridgehead atoms. The van der Waals surface area contributed by atoms with Crippen LogP contribution in [0, 0.1) is 0 Å². The normalized spacial score (nSPS) is 16.9. The van der Waals surface area contributed by atoms with Crippen LogP contribution in [0.5, 0.6) is 5.75 Å². The first-order valence-corrected chi connectivity index (χ1v) is 9.91. The third-order valence-corrected chi connectivity index (χ3v) is 5.67. The van der Waals surface area contributed by atoms with Crippen molar-refractivity contribution >= 4 is 68.1 Å². The Kier molecular flexibility index (Phi) is 6.12. The average Bonchev–Trinajstić information content (AvgIpc) is 2.90. The highest BCUT2D eigenvalue weighted by atomic mass is 79.9. The number of hydrogen-bond acceptors (Lipinski definition) is 5. The number of aromatic carboxylic acids is 1. The first-order valence-electron chi connectivity index (χ1n) is 7.93. The zero-order chi connectivity index (χ0) is 20.4. The van der Waals surface area contributed by atoms with E-state index in [4.69, 9.17) is 21.4 Å². The molecule has 9 heteroatoms. The van der Waals surface area contributed by atoms with E-state index in [2.05, 4.69) is 20.9 Å². The van der Waals surface area contributed by atoms with E-state index >= 15 is 0 Å². The van der Waals surface area contributed by atoms with Crippen molar-refractivity contribution in [3.8, 4) is 5.75 Å². The molecule has 1 heterocycles. The first kappa shape index (κ1) is 20.4. The van der Waals surface area contributed by atoms with Gasteiger partial charge in [0.25, 0.3) is 5.91 Å². The fraction of sp³-hybridized carbons (Fsp3) is 0.105. The molecule has 0 unspecified atom stereocenters.